The Kier molecular flexibility index (Phi) is 5.06. The SMILES string of the molecule is COc1ccccc1CN(C(=O)[C@@H](C)Cn1nc(C)nc1C)C1CC1. The Labute approximate surface area is 148 Å². The summed E-state index contributed by atoms with van der Waals surface area (Å²) >= 11 is 0. The number of ether oxygens (including phenoxy) is 1. The van der Waals surface area contributed by atoms with E-state index in [1.165, 1.54) is 0 Å². The number of aryl methyl sites for hydroxylation is 2. The van der Waals surface area contributed by atoms with Crippen molar-refractivity contribution in [2.24, 2.45) is 5.92 Å². The van der Waals surface area contributed by atoms with Crippen LogP contribution in [0.5, 0.6) is 5.75 Å². The largest absolute Gasteiger partial charge is 0.496 e. The van der Waals surface area contributed by atoms with Crippen LogP contribution >= 0.6 is 0 Å². The van der Waals surface area contributed by atoms with Crippen LogP contribution < -0.4 is 4.74 Å². The highest BCUT2D eigenvalue weighted by molar-refractivity contribution is 5.79. The molecule has 1 saturated carbocycles. The summed E-state index contributed by atoms with van der Waals surface area (Å²) in [5.74, 6) is 2.44. The third-order valence-corrected chi connectivity index (χ3v) is 4.63. The van der Waals surface area contributed by atoms with E-state index in [-0.39, 0.29) is 11.8 Å². The molecule has 1 amide bonds. The van der Waals surface area contributed by atoms with Gasteiger partial charge in [-0.1, -0.05) is 25.1 Å². The molecule has 3 rings (SSSR count). The number of carbonyl (C=O) groups is 1. The van der Waals surface area contributed by atoms with E-state index in [1.807, 2.05) is 54.6 Å². The second kappa shape index (κ2) is 7.25. The first kappa shape index (κ1) is 17.5. The zero-order chi connectivity index (χ0) is 18.0. The molecule has 0 bridgehead atoms. The van der Waals surface area contributed by atoms with Crippen molar-refractivity contribution in [1.29, 1.82) is 0 Å². The van der Waals surface area contributed by atoms with Gasteiger partial charge in [0.1, 0.15) is 17.4 Å². The summed E-state index contributed by atoms with van der Waals surface area (Å²) in [5.41, 5.74) is 1.05. The summed E-state index contributed by atoms with van der Waals surface area (Å²) in [7, 11) is 1.67. The zero-order valence-electron chi connectivity index (χ0n) is 15.4. The molecule has 0 unspecified atom stereocenters. The number of hydrogen-bond donors (Lipinski definition) is 0. The van der Waals surface area contributed by atoms with E-state index in [0.29, 0.717) is 19.1 Å². The molecular formula is C19H26N4O2. The number of methoxy groups -OCH3 is 1. The molecule has 1 aromatic heterocycles. The number of aromatic nitrogens is 3. The summed E-state index contributed by atoms with van der Waals surface area (Å²) in [6.45, 7) is 6.91. The van der Waals surface area contributed by atoms with E-state index < -0.39 is 0 Å². The van der Waals surface area contributed by atoms with Crippen LogP contribution in [-0.4, -0.2) is 38.7 Å². The Morgan fingerprint density at radius 2 is 2.08 bits per heavy atom. The number of benzene rings is 1. The first-order valence-electron chi connectivity index (χ1n) is 8.80. The highest BCUT2D eigenvalue weighted by Gasteiger charge is 2.35. The van der Waals surface area contributed by atoms with E-state index in [2.05, 4.69) is 10.1 Å². The van der Waals surface area contributed by atoms with Crippen LogP contribution in [0.3, 0.4) is 0 Å². The van der Waals surface area contributed by atoms with E-state index >= 15 is 0 Å². The summed E-state index contributed by atoms with van der Waals surface area (Å²) in [4.78, 5) is 19.4. The molecule has 0 radical (unpaired) electrons. The van der Waals surface area contributed by atoms with Crippen LogP contribution in [0, 0.1) is 19.8 Å². The topological polar surface area (TPSA) is 60.2 Å². The minimum Gasteiger partial charge on any atom is -0.496 e. The Balaban J connectivity index is 1.73. The van der Waals surface area contributed by atoms with E-state index in [9.17, 15) is 4.79 Å². The fourth-order valence-electron chi connectivity index (χ4n) is 3.15. The number of carbonyl (C=O) groups excluding carboxylic acids is 1. The molecule has 1 aliphatic rings. The molecule has 0 saturated heterocycles. The minimum atomic E-state index is -0.143. The van der Waals surface area contributed by atoms with Crippen molar-refractivity contribution in [1.82, 2.24) is 19.7 Å². The monoisotopic (exact) mass is 342 g/mol. The molecule has 6 nitrogen and oxygen atoms in total. The number of rotatable bonds is 7. The normalized spacial score (nSPS) is 15.0. The highest BCUT2D eigenvalue weighted by atomic mass is 16.5. The lowest BCUT2D eigenvalue weighted by Gasteiger charge is -2.26. The molecule has 1 heterocycles. The van der Waals surface area contributed by atoms with Gasteiger partial charge in [0, 0.05) is 18.2 Å². The third-order valence-electron chi connectivity index (χ3n) is 4.63. The fourth-order valence-corrected chi connectivity index (χ4v) is 3.15. The molecule has 1 aliphatic carbocycles. The summed E-state index contributed by atoms with van der Waals surface area (Å²) in [6, 6.07) is 8.24. The van der Waals surface area contributed by atoms with Gasteiger partial charge in [0.2, 0.25) is 5.91 Å². The number of hydrogen-bond acceptors (Lipinski definition) is 4. The molecule has 1 fully saturated rings. The van der Waals surface area contributed by atoms with Crippen LogP contribution in [0.1, 0.15) is 37.0 Å². The second-order valence-electron chi connectivity index (χ2n) is 6.80. The van der Waals surface area contributed by atoms with E-state index in [4.69, 9.17) is 4.74 Å². The summed E-state index contributed by atoms with van der Waals surface area (Å²) in [5, 5.41) is 4.38. The molecule has 0 N–H and O–H groups in total. The Hall–Kier alpha value is -2.37. The Morgan fingerprint density at radius 1 is 1.36 bits per heavy atom. The maximum atomic E-state index is 13.1. The van der Waals surface area contributed by atoms with Crippen LogP contribution in [0.15, 0.2) is 24.3 Å². The maximum Gasteiger partial charge on any atom is 0.227 e. The van der Waals surface area contributed by atoms with Crippen LogP contribution in [-0.2, 0) is 17.9 Å². The first-order chi connectivity index (χ1) is 12.0. The van der Waals surface area contributed by atoms with Gasteiger partial charge >= 0.3 is 0 Å². The number of para-hydroxylation sites is 1. The van der Waals surface area contributed by atoms with Gasteiger partial charge in [0.05, 0.1) is 19.6 Å². The number of nitrogens with zero attached hydrogens (tertiary/aromatic N) is 4. The van der Waals surface area contributed by atoms with Crippen molar-refractivity contribution in [2.45, 2.75) is 52.7 Å². The predicted molar refractivity (Wildman–Crippen MR) is 95.2 cm³/mol. The third kappa shape index (κ3) is 4.00. The lowest BCUT2D eigenvalue weighted by molar-refractivity contribution is -0.136. The van der Waals surface area contributed by atoms with Crippen LogP contribution in [0.25, 0.3) is 0 Å². The van der Waals surface area contributed by atoms with Gasteiger partial charge in [-0.05, 0) is 32.8 Å². The maximum absolute atomic E-state index is 13.1. The quantitative estimate of drug-likeness (QED) is 0.776. The van der Waals surface area contributed by atoms with Crippen molar-refractivity contribution in [3.05, 3.63) is 41.5 Å². The molecule has 0 aliphatic heterocycles. The van der Waals surface area contributed by atoms with Crippen molar-refractivity contribution in [3.8, 4) is 5.75 Å². The average Bonchev–Trinajstić information content (AvgIpc) is 3.38. The Bertz CT molecular complexity index is 752. The second-order valence-corrected chi connectivity index (χ2v) is 6.80. The molecule has 0 spiro atoms. The van der Waals surface area contributed by atoms with Crippen LogP contribution in [0.4, 0.5) is 0 Å². The smallest absolute Gasteiger partial charge is 0.227 e. The van der Waals surface area contributed by atoms with Gasteiger partial charge in [-0.2, -0.15) is 5.10 Å². The van der Waals surface area contributed by atoms with Crippen molar-refractivity contribution >= 4 is 5.91 Å². The molecule has 25 heavy (non-hydrogen) atoms. The lowest BCUT2D eigenvalue weighted by atomic mass is 10.1. The molecule has 2 aromatic rings. The van der Waals surface area contributed by atoms with Gasteiger partial charge in [0.25, 0.3) is 0 Å². The van der Waals surface area contributed by atoms with Crippen molar-refractivity contribution in [3.63, 3.8) is 0 Å². The van der Waals surface area contributed by atoms with Gasteiger partial charge in [0.15, 0.2) is 0 Å². The fraction of sp³-hybridized carbons (Fsp3) is 0.526. The zero-order valence-corrected chi connectivity index (χ0v) is 15.4. The summed E-state index contributed by atoms with van der Waals surface area (Å²) in [6.07, 6.45) is 2.16. The minimum absolute atomic E-state index is 0.143. The van der Waals surface area contributed by atoms with Crippen molar-refractivity contribution in [2.75, 3.05) is 7.11 Å². The van der Waals surface area contributed by atoms with Gasteiger partial charge in [-0.3, -0.25) is 4.79 Å². The summed E-state index contributed by atoms with van der Waals surface area (Å²) < 4.78 is 7.27. The van der Waals surface area contributed by atoms with Crippen molar-refractivity contribution < 1.29 is 9.53 Å². The average molecular weight is 342 g/mol. The molecule has 1 atom stereocenters. The molecule has 6 heteroatoms. The number of amides is 1. The van der Waals surface area contributed by atoms with Gasteiger partial charge in [-0.25, -0.2) is 9.67 Å². The molecule has 134 valence electrons. The van der Waals surface area contributed by atoms with Gasteiger partial charge in [-0.15, -0.1) is 0 Å². The highest BCUT2D eigenvalue weighted by Crippen LogP contribution is 2.31. The predicted octanol–water partition coefficient (Wildman–Crippen LogP) is 2.73. The first-order valence-corrected chi connectivity index (χ1v) is 8.80. The van der Waals surface area contributed by atoms with E-state index in [0.717, 1.165) is 35.8 Å². The lowest BCUT2D eigenvalue weighted by Crippen LogP contribution is -2.38. The van der Waals surface area contributed by atoms with E-state index in [1.54, 1.807) is 7.11 Å². The molecule has 1 aromatic carbocycles. The standard InChI is InChI=1S/C19H26N4O2/c1-13(11-23-15(3)20-14(2)21-23)19(24)22(17-9-10-17)12-16-7-5-6-8-18(16)25-4/h5-8,13,17H,9-12H2,1-4H3/t13-/m0/s1. The molecular weight excluding hydrogens is 316 g/mol. The Morgan fingerprint density at radius 3 is 2.68 bits per heavy atom. The van der Waals surface area contributed by atoms with Gasteiger partial charge < -0.3 is 9.64 Å². The van der Waals surface area contributed by atoms with Crippen LogP contribution in [0.2, 0.25) is 0 Å².